The highest BCUT2D eigenvalue weighted by atomic mass is 79.9. The average Bonchev–Trinajstić information content (AvgIpc) is 2.36. The van der Waals surface area contributed by atoms with Crippen molar-refractivity contribution >= 4 is 44.0 Å². The summed E-state index contributed by atoms with van der Waals surface area (Å²) in [6.07, 6.45) is 0. The summed E-state index contributed by atoms with van der Waals surface area (Å²) in [5.41, 5.74) is 4.96. The Labute approximate surface area is 131 Å². The first-order chi connectivity index (χ1) is 8.71. The Hall–Kier alpha value is -0.740. The first-order valence-electron chi connectivity index (χ1n) is 5.34. The SMILES string of the molecule is CC(CN)N(C)S(=O)(=O)c1ccc(Br)cc1[N+](=O)[O-].Cl. The van der Waals surface area contributed by atoms with Gasteiger partial charge in [0, 0.05) is 30.2 Å². The van der Waals surface area contributed by atoms with E-state index in [1.54, 1.807) is 6.92 Å². The van der Waals surface area contributed by atoms with Gasteiger partial charge in [-0.05, 0) is 19.1 Å². The van der Waals surface area contributed by atoms with Crippen LogP contribution in [0.4, 0.5) is 5.69 Å². The smallest absolute Gasteiger partial charge is 0.290 e. The maximum atomic E-state index is 12.3. The lowest BCUT2D eigenvalue weighted by Gasteiger charge is -2.22. The van der Waals surface area contributed by atoms with Crippen LogP contribution >= 0.6 is 28.3 Å². The summed E-state index contributed by atoms with van der Waals surface area (Å²) < 4.78 is 26.1. The number of nitro benzene ring substituents is 1. The summed E-state index contributed by atoms with van der Waals surface area (Å²) in [7, 11) is -2.61. The van der Waals surface area contributed by atoms with Crippen molar-refractivity contribution in [3.05, 3.63) is 32.8 Å². The van der Waals surface area contributed by atoms with Crippen LogP contribution in [0.15, 0.2) is 27.6 Å². The predicted molar refractivity (Wildman–Crippen MR) is 81.5 cm³/mol. The summed E-state index contributed by atoms with van der Waals surface area (Å²) in [4.78, 5) is 9.89. The summed E-state index contributed by atoms with van der Waals surface area (Å²) >= 11 is 3.08. The molecule has 0 aromatic heterocycles. The van der Waals surface area contributed by atoms with Gasteiger partial charge in [-0.2, -0.15) is 4.31 Å². The Balaban J connectivity index is 0.00000361. The molecule has 1 aromatic carbocycles. The molecule has 1 unspecified atom stereocenters. The van der Waals surface area contributed by atoms with Crippen LogP contribution in [-0.2, 0) is 10.0 Å². The molecule has 1 rings (SSSR count). The van der Waals surface area contributed by atoms with E-state index in [9.17, 15) is 18.5 Å². The lowest BCUT2D eigenvalue weighted by molar-refractivity contribution is -0.387. The standard InChI is InChI=1S/C10H14BrN3O4S.ClH/c1-7(6-12)13(2)19(17,18)10-4-3-8(11)5-9(10)14(15)16;/h3-5,7H,6,12H2,1-2H3;1H. The second-order valence-corrected chi connectivity index (χ2v) is 6.86. The first-order valence-corrected chi connectivity index (χ1v) is 7.57. The summed E-state index contributed by atoms with van der Waals surface area (Å²) in [6.45, 7) is 1.75. The topological polar surface area (TPSA) is 107 Å². The van der Waals surface area contributed by atoms with Crippen molar-refractivity contribution in [1.29, 1.82) is 0 Å². The molecule has 10 heteroatoms. The molecular weight excluding hydrogens is 374 g/mol. The molecule has 0 saturated carbocycles. The molecule has 1 atom stereocenters. The van der Waals surface area contributed by atoms with Crippen LogP contribution in [0.1, 0.15) is 6.92 Å². The first kappa shape index (κ1) is 19.3. The van der Waals surface area contributed by atoms with Gasteiger partial charge in [0.15, 0.2) is 4.90 Å². The van der Waals surface area contributed by atoms with Crippen LogP contribution in [0, 0.1) is 10.1 Å². The van der Waals surface area contributed by atoms with Crippen molar-refractivity contribution in [1.82, 2.24) is 4.31 Å². The molecule has 1 aromatic rings. The average molecular weight is 389 g/mol. The molecule has 7 nitrogen and oxygen atoms in total. The molecular formula is C10H15BrClN3O4S. The zero-order chi connectivity index (χ0) is 14.8. The van der Waals surface area contributed by atoms with E-state index < -0.39 is 26.7 Å². The van der Waals surface area contributed by atoms with E-state index >= 15 is 0 Å². The fraction of sp³-hybridized carbons (Fsp3) is 0.400. The van der Waals surface area contributed by atoms with E-state index in [0.29, 0.717) is 4.47 Å². The molecule has 0 bridgehead atoms. The molecule has 0 saturated heterocycles. The molecule has 0 spiro atoms. The zero-order valence-corrected chi connectivity index (χ0v) is 14.0. The van der Waals surface area contributed by atoms with Crippen LogP contribution in [0.3, 0.4) is 0 Å². The van der Waals surface area contributed by atoms with Gasteiger partial charge in [0.2, 0.25) is 10.0 Å². The van der Waals surface area contributed by atoms with Crippen LogP contribution in [-0.4, -0.2) is 37.3 Å². The maximum absolute atomic E-state index is 12.3. The van der Waals surface area contributed by atoms with E-state index in [1.165, 1.54) is 19.2 Å². The van der Waals surface area contributed by atoms with Gasteiger partial charge < -0.3 is 5.73 Å². The largest absolute Gasteiger partial charge is 0.329 e. The molecule has 2 N–H and O–H groups in total. The second-order valence-electron chi connectivity index (χ2n) is 3.98. The van der Waals surface area contributed by atoms with Crippen molar-refractivity contribution in [2.75, 3.05) is 13.6 Å². The molecule has 0 amide bonds. The molecule has 20 heavy (non-hydrogen) atoms. The molecule has 0 aliphatic carbocycles. The fourth-order valence-electron chi connectivity index (χ4n) is 1.39. The summed E-state index contributed by atoms with van der Waals surface area (Å²) in [5.74, 6) is 0. The van der Waals surface area contributed by atoms with Gasteiger partial charge >= 0.3 is 0 Å². The lowest BCUT2D eigenvalue weighted by Crippen LogP contribution is -2.39. The van der Waals surface area contributed by atoms with E-state index in [4.69, 9.17) is 5.73 Å². The molecule has 0 fully saturated rings. The lowest BCUT2D eigenvalue weighted by atomic mass is 10.3. The van der Waals surface area contributed by atoms with Crippen molar-refractivity contribution < 1.29 is 13.3 Å². The molecule has 0 aliphatic heterocycles. The van der Waals surface area contributed by atoms with Crippen molar-refractivity contribution in [3.8, 4) is 0 Å². The minimum Gasteiger partial charge on any atom is -0.329 e. The van der Waals surface area contributed by atoms with Gasteiger partial charge in [0.05, 0.1) is 4.92 Å². The molecule has 0 heterocycles. The molecule has 114 valence electrons. The number of nitro groups is 1. The number of benzene rings is 1. The zero-order valence-electron chi connectivity index (χ0n) is 10.8. The van der Waals surface area contributed by atoms with E-state index in [1.807, 2.05) is 0 Å². The van der Waals surface area contributed by atoms with Gasteiger partial charge in [-0.1, -0.05) is 15.9 Å². The maximum Gasteiger partial charge on any atom is 0.290 e. The monoisotopic (exact) mass is 387 g/mol. The van der Waals surface area contributed by atoms with Gasteiger partial charge in [-0.15, -0.1) is 12.4 Å². The third-order valence-electron chi connectivity index (χ3n) is 2.74. The number of halogens is 2. The Bertz CT molecular complexity index is 596. The Kier molecular flexibility index (Phi) is 7.05. The van der Waals surface area contributed by atoms with E-state index in [2.05, 4.69) is 15.9 Å². The third kappa shape index (κ3) is 3.89. The number of hydrogen-bond donors (Lipinski definition) is 1. The highest BCUT2D eigenvalue weighted by molar-refractivity contribution is 9.10. The number of rotatable bonds is 5. The second kappa shape index (κ2) is 7.32. The van der Waals surface area contributed by atoms with Crippen molar-refractivity contribution in [3.63, 3.8) is 0 Å². The fourth-order valence-corrected chi connectivity index (χ4v) is 3.25. The van der Waals surface area contributed by atoms with Crippen molar-refractivity contribution in [2.45, 2.75) is 17.9 Å². The van der Waals surface area contributed by atoms with Crippen molar-refractivity contribution in [2.24, 2.45) is 5.73 Å². The van der Waals surface area contributed by atoms with Crippen LogP contribution in [0.5, 0.6) is 0 Å². The third-order valence-corrected chi connectivity index (χ3v) is 5.25. The van der Waals surface area contributed by atoms with Gasteiger partial charge in [0.1, 0.15) is 0 Å². The minimum atomic E-state index is -3.95. The molecule has 0 aliphatic rings. The number of nitrogens with two attached hydrogens (primary N) is 1. The number of nitrogens with zero attached hydrogens (tertiary/aromatic N) is 2. The normalized spacial score (nSPS) is 12.8. The van der Waals surface area contributed by atoms with Gasteiger partial charge in [0.25, 0.3) is 5.69 Å². The summed E-state index contributed by atoms with van der Waals surface area (Å²) in [6, 6.07) is 3.36. The predicted octanol–water partition coefficient (Wildman–Crippen LogP) is 1.75. The van der Waals surface area contributed by atoms with E-state index in [-0.39, 0.29) is 23.8 Å². The quantitative estimate of drug-likeness (QED) is 0.611. The Morgan fingerprint density at radius 1 is 1.50 bits per heavy atom. The van der Waals surface area contributed by atoms with Crippen LogP contribution in [0.25, 0.3) is 0 Å². The highest BCUT2D eigenvalue weighted by Crippen LogP contribution is 2.29. The van der Waals surface area contributed by atoms with Gasteiger partial charge in [-0.3, -0.25) is 10.1 Å². The Morgan fingerprint density at radius 2 is 2.05 bits per heavy atom. The van der Waals surface area contributed by atoms with Crippen LogP contribution < -0.4 is 5.73 Å². The van der Waals surface area contributed by atoms with Crippen LogP contribution in [0.2, 0.25) is 0 Å². The number of hydrogen-bond acceptors (Lipinski definition) is 5. The molecule has 0 radical (unpaired) electrons. The number of sulfonamides is 1. The number of likely N-dealkylation sites (N-methyl/N-ethyl adjacent to an activating group) is 1. The minimum absolute atomic E-state index is 0. The summed E-state index contributed by atoms with van der Waals surface area (Å²) in [5, 5.41) is 11.0. The van der Waals surface area contributed by atoms with Gasteiger partial charge in [-0.25, -0.2) is 8.42 Å². The van der Waals surface area contributed by atoms with E-state index in [0.717, 1.165) is 10.4 Å². The Morgan fingerprint density at radius 3 is 2.50 bits per heavy atom. The highest BCUT2D eigenvalue weighted by Gasteiger charge is 2.31.